The second-order valence-electron chi connectivity index (χ2n) is 5.26. The van der Waals surface area contributed by atoms with Crippen LogP contribution in [0.4, 0.5) is 4.79 Å². The number of rotatable bonds is 5. The van der Waals surface area contributed by atoms with Gasteiger partial charge in [-0.15, -0.1) is 0 Å². The van der Waals surface area contributed by atoms with Crippen LogP contribution in [-0.2, 0) is 19.0 Å². The zero-order valence-electron chi connectivity index (χ0n) is 12.5. The molecule has 116 valence electrons. The highest BCUT2D eigenvalue weighted by molar-refractivity contribution is 8.13. The Morgan fingerprint density at radius 2 is 2.00 bits per heavy atom. The Hall–Kier alpha value is -1.18. The van der Waals surface area contributed by atoms with Crippen molar-refractivity contribution >= 4 is 37.0 Å². The van der Waals surface area contributed by atoms with Crippen molar-refractivity contribution in [3.05, 3.63) is 0 Å². The van der Waals surface area contributed by atoms with E-state index in [1.807, 2.05) is 0 Å². The fourth-order valence-electron chi connectivity index (χ4n) is 2.13. The molecule has 1 heterocycles. The molecular formula is C13H20BNO5S. The number of nitrogens with zero attached hydrogens (tertiary/aromatic N) is 1. The van der Waals surface area contributed by atoms with Crippen molar-refractivity contribution in [2.45, 2.75) is 45.8 Å². The molecule has 1 fully saturated rings. The van der Waals surface area contributed by atoms with E-state index in [4.69, 9.17) is 12.8 Å². The Kier molecular flexibility index (Phi) is 7.08. The third-order valence-electron chi connectivity index (χ3n) is 3.13. The van der Waals surface area contributed by atoms with Crippen LogP contribution in [0.2, 0.25) is 0 Å². The van der Waals surface area contributed by atoms with E-state index < -0.39 is 17.3 Å². The van der Waals surface area contributed by atoms with Crippen molar-refractivity contribution in [1.82, 2.24) is 4.90 Å². The highest BCUT2D eigenvalue weighted by Gasteiger charge is 2.36. The SMILES string of the molecule is [B]OC(=O)[C@@H]1CCCN1C(=O)[C@H](C)CSC(=O)OC(C)C. The van der Waals surface area contributed by atoms with E-state index in [9.17, 15) is 14.4 Å². The lowest BCUT2D eigenvalue weighted by Gasteiger charge is -2.25. The highest BCUT2D eigenvalue weighted by Crippen LogP contribution is 2.22. The van der Waals surface area contributed by atoms with E-state index in [1.165, 1.54) is 4.90 Å². The van der Waals surface area contributed by atoms with E-state index in [2.05, 4.69) is 4.65 Å². The van der Waals surface area contributed by atoms with E-state index in [-0.39, 0.29) is 17.9 Å². The van der Waals surface area contributed by atoms with Crippen LogP contribution >= 0.6 is 11.8 Å². The lowest BCUT2D eigenvalue weighted by molar-refractivity contribution is -0.147. The number of hydrogen-bond donors (Lipinski definition) is 0. The average Bonchev–Trinajstić information content (AvgIpc) is 2.91. The van der Waals surface area contributed by atoms with Gasteiger partial charge >= 0.3 is 19.3 Å². The maximum absolute atomic E-state index is 12.3. The standard InChI is InChI=1S/C13H20BNO5S/c1-8(2)19-13(18)21-7-9(3)11(16)15-6-4-5-10(15)12(17)20-14/h8-10H,4-7H2,1-3H3/t9-,10+/m1/s1. The first-order valence-electron chi connectivity index (χ1n) is 6.91. The number of thioether (sulfide) groups is 1. The lowest BCUT2D eigenvalue weighted by atomic mass is 10.1. The van der Waals surface area contributed by atoms with Gasteiger partial charge < -0.3 is 14.3 Å². The second-order valence-corrected chi connectivity index (χ2v) is 6.21. The zero-order chi connectivity index (χ0) is 16.0. The molecular weight excluding hydrogens is 293 g/mol. The summed E-state index contributed by atoms with van der Waals surface area (Å²) in [6.07, 6.45) is 1.11. The molecule has 0 aliphatic carbocycles. The largest absolute Gasteiger partial charge is 0.542 e. The molecule has 0 N–H and O–H groups in total. The second kappa shape index (κ2) is 8.31. The van der Waals surface area contributed by atoms with E-state index in [0.29, 0.717) is 18.7 Å². The molecule has 0 bridgehead atoms. The Balaban J connectivity index is 2.50. The normalized spacial score (nSPS) is 19.4. The molecule has 21 heavy (non-hydrogen) atoms. The van der Waals surface area contributed by atoms with Crippen LogP contribution in [-0.4, -0.2) is 54.6 Å². The van der Waals surface area contributed by atoms with Gasteiger partial charge in [-0.25, -0.2) is 4.79 Å². The first-order chi connectivity index (χ1) is 9.86. The molecule has 1 saturated heterocycles. The van der Waals surface area contributed by atoms with Crippen LogP contribution in [0.5, 0.6) is 0 Å². The molecule has 8 heteroatoms. The van der Waals surface area contributed by atoms with Gasteiger partial charge in [-0.05, 0) is 38.5 Å². The summed E-state index contributed by atoms with van der Waals surface area (Å²) in [6.45, 7) is 5.76. The number of amides is 1. The smallest absolute Gasteiger partial charge is 0.378 e. The Morgan fingerprint density at radius 1 is 1.33 bits per heavy atom. The van der Waals surface area contributed by atoms with Gasteiger partial charge in [-0.2, -0.15) is 0 Å². The fourth-order valence-corrected chi connectivity index (χ4v) is 2.92. The van der Waals surface area contributed by atoms with Gasteiger partial charge in [0.1, 0.15) is 6.04 Å². The summed E-state index contributed by atoms with van der Waals surface area (Å²) in [5.41, 5.74) is 0. The topological polar surface area (TPSA) is 72.9 Å². The first-order valence-corrected chi connectivity index (χ1v) is 7.89. The minimum Gasteiger partial charge on any atom is -0.542 e. The molecule has 0 saturated carbocycles. The molecule has 1 rings (SSSR count). The molecule has 1 aliphatic heterocycles. The zero-order valence-corrected chi connectivity index (χ0v) is 13.4. The predicted molar refractivity (Wildman–Crippen MR) is 79.8 cm³/mol. The van der Waals surface area contributed by atoms with Gasteiger partial charge in [0.05, 0.1) is 6.10 Å². The van der Waals surface area contributed by atoms with Gasteiger partial charge in [0.2, 0.25) is 5.91 Å². The quantitative estimate of drug-likeness (QED) is 0.566. The van der Waals surface area contributed by atoms with Crippen molar-refractivity contribution < 1.29 is 23.8 Å². The van der Waals surface area contributed by atoms with Gasteiger partial charge in [0.25, 0.3) is 0 Å². The van der Waals surface area contributed by atoms with E-state index >= 15 is 0 Å². The predicted octanol–water partition coefficient (Wildman–Crippen LogP) is 1.52. The molecule has 1 aliphatic rings. The lowest BCUT2D eigenvalue weighted by Crippen LogP contribution is -2.44. The van der Waals surface area contributed by atoms with Gasteiger partial charge in [-0.3, -0.25) is 9.59 Å². The van der Waals surface area contributed by atoms with Crippen LogP contribution in [0.15, 0.2) is 0 Å². The van der Waals surface area contributed by atoms with Crippen molar-refractivity contribution in [2.24, 2.45) is 5.92 Å². The molecule has 2 radical (unpaired) electrons. The average molecular weight is 313 g/mol. The number of likely N-dealkylation sites (tertiary alicyclic amines) is 1. The molecule has 0 aromatic carbocycles. The van der Waals surface area contributed by atoms with Crippen molar-refractivity contribution in [3.63, 3.8) is 0 Å². The summed E-state index contributed by atoms with van der Waals surface area (Å²) >= 11 is 0.966. The third-order valence-corrected chi connectivity index (χ3v) is 4.13. The van der Waals surface area contributed by atoms with Crippen molar-refractivity contribution in [3.8, 4) is 0 Å². The Morgan fingerprint density at radius 3 is 2.57 bits per heavy atom. The summed E-state index contributed by atoms with van der Waals surface area (Å²) in [5.74, 6) is -0.848. The summed E-state index contributed by atoms with van der Waals surface area (Å²) in [7, 11) is 4.88. The van der Waals surface area contributed by atoms with Crippen LogP contribution in [0.1, 0.15) is 33.6 Å². The molecule has 1 amide bonds. The first kappa shape index (κ1) is 17.9. The maximum Gasteiger partial charge on any atom is 0.378 e. The van der Waals surface area contributed by atoms with E-state index in [0.717, 1.165) is 18.2 Å². The number of carbonyl (C=O) groups is 3. The maximum atomic E-state index is 12.3. The van der Waals surface area contributed by atoms with Gasteiger partial charge in [0, 0.05) is 18.2 Å². The minimum absolute atomic E-state index is 0.173. The highest BCUT2D eigenvalue weighted by atomic mass is 32.2. The fraction of sp³-hybridized carbons (Fsp3) is 0.769. The van der Waals surface area contributed by atoms with Gasteiger partial charge in [0.15, 0.2) is 0 Å². The number of carbonyl (C=O) groups excluding carboxylic acids is 3. The van der Waals surface area contributed by atoms with Crippen molar-refractivity contribution in [2.75, 3.05) is 12.3 Å². The van der Waals surface area contributed by atoms with Crippen LogP contribution < -0.4 is 0 Å². The summed E-state index contributed by atoms with van der Waals surface area (Å²) < 4.78 is 9.22. The number of ether oxygens (including phenoxy) is 1. The minimum atomic E-state index is -0.613. The summed E-state index contributed by atoms with van der Waals surface area (Å²) in [6, 6.07) is -0.613. The Bertz CT molecular complexity index is 404. The van der Waals surface area contributed by atoms with Crippen LogP contribution in [0, 0.1) is 5.92 Å². The molecule has 2 atom stereocenters. The molecule has 0 aromatic heterocycles. The summed E-state index contributed by atoms with van der Waals surface area (Å²) in [5, 5.41) is -0.399. The Labute approximate surface area is 130 Å². The van der Waals surface area contributed by atoms with Crippen LogP contribution in [0.25, 0.3) is 0 Å². The summed E-state index contributed by atoms with van der Waals surface area (Å²) in [4.78, 5) is 36.8. The number of hydrogen-bond acceptors (Lipinski definition) is 6. The van der Waals surface area contributed by atoms with E-state index in [1.54, 1.807) is 20.8 Å². The molecule has 0 aromatic rings. The van der Waals surface area contributed by atoms with Crippen molar-refractivity contribution in [1.29, 1.82) is 0 Å². The monoisotopic (exact) mass is 313 g/mol. The third kappa shape index (κ3) is 5.26. The van der Waals surface area contributed by atoms with Crippen LogP contribution in [0.3, 0.4) is 0 Å². The molecule has 6 nitrogen and oxygen atoms in total. The molecule has 0 unspecified atom stereocenters. The van der Waals surface area contributed by atoms with Gasteiger partial charge in [-0.1, -0.05) is 6.92 Å². The molecule has 0 spiro atoms.